The van der Waals surface area contributed by atoms with Crippen LogP contribution in [0, 0.1) is 0 Å². The highest BCUT2D eigenvalue weighted by atomic mass is 16.5. The number of amides is 1. The van der Waals surface area contributed by atoms with E-state index in [1.54, 1.807) is 37.4 Å². The number of methoxy groups -OCH3 is 1. The van der Waals surface area contributed by atoms with E-state index in [1.807, 2.05) is 55.4 Å². The number of nitrogens with one attached hydrogen (secondary N) is 1. The Balaban J connectivity index is 1.42. The zero-order chi connectivity index (χ0) is 23.9. The van der Waals surface area contributed by atoms with Crippen LogP contribution < -0.4 is 14.8 Å². The molecule has 4 aromatic rings. The number of ether oxygens (including phenoxy) is 2. The highest BCUT2D eigenvalue weighted by Gasteiger charge is 2.11. The van der Waals surface area contributed by atoms with Crippen LogP contribution in [0.25, 0.3) is 16.8 Å². The molecule has 0 aliphatic carbocycles. The summed E-state index contributed by atoms with van der Waals surface area (Å²) in [5.41, 5.74) is 4.02. The molecule has 174 valence electrons. The van der Waals surface area contributed by atoms with Gasteiger partial charge in [0.15, 0.2) is 17.8 Å². The van der Waals surface area contributed by atoms with Gasteiger partial charge in [0.1, 0.15) is 6.61 Å². The first kappa shape index (κ1) is 22.9. The Morgan fingerprint density at radius 2 is 1.68 bits per heavy atom. The van der Waals surface area contributed by atoms with Gasteiger partial charge >= 0.3 is 0 Å². The minimum absolute atomic E-state index is 0.205. The van der Waals surface area contributed by atoms with Gasteiger partial charge in [-0.2, -0.15) is 0 Å². The van der Waals surface area contributed by atoms with Crippen LogP contribution in [-0.4, -0.2) is 65.4 Å². The molecule has 1 heterocycles. The van der Waals surface area contributed by atoms with Crippen LogP contribution in [-0.2, 0) is 0 Å². The second kappa shape index (κ2) is 10.6. The van der Waals surface area contributed by atoms with Crippen molar-refractivity contribution in [1.29, 1.82) is 0 Å². The standard InChI is InChI=1S/C25H26N6O3/c1-30(2)14-15-34-24-16-21(10-13-23(24)33-3)28-25(32)20-6-4-18(5-7-20)19-8-11-22(12-9-19)31-27-17-26-29-31/h4-13,16-17H,14-15H2,1-3H3,(H,28,32). The van der Waals surface area contributed by atoms with E-state index in [-0.39, 0.29) is 5.91 Å². The Bertz CT molecular complexity index is 1220. The Labute approximate surface area is 197 Å². The van der Waals surface area contributed by atoms with Gasteiger partial charge in [-0.3, -0.25) is 4.79 Å². The quantitative estimate of drug-likeness (QED) is 0.410. The minimum Gasteiger partial charge on any atom is -0.493 e. The third kappa shape index (κ3) is 5.57. The highest BCUT2D eigenvalue weighted by Crippen LogP contribution is 2.30. The van der Waals surface area contributed by atoms with E-state index in [0.29, 0.717) is 29.4 Å². The van der Waals surface area contributed by atoms with Crippen LogP contribution in [0.2, 0.25) is 0 Å². The van der Waals surface area contributed by atoms with E-state index in [1.165, 1.54) is 11.1 Å². The van der Waals surface area contributed by atoms with E-state index < -0.39 is 0 Å². The zero-order valence-electron chi connectivity index (χ0n) is 19.3. The lowest BCUT2D eigenvalue weighted by atomic mass is 10.0. The van der Waals surface area contributed by atoms with Crippen molar-refractivity contribution in [2.45, 2.75) is 0 Å². The molecule has 0 unspecified atom stereocenters. The van der Waals surface area contributed by atoms with E-state index in [0.717, 1.165) is 23.4 Å². The summed E-state index contributed by atoms with van der Waals surface area (Å²) in [5, 5.41) is 14.6. The van der Waals surface area contributed by atoms with Crippen LogP contribution in [0.3, 0.4) is 0 Å². The molecule has 0 spiro atoms. The summed E-state index contributed by atoms with van der Waals surface area (Å²) in [4.78, 5) is 16.3. The largest absolute Gasteiger partial charge is 0.493 e. The van der Waals surface area contributed by atoms with E-state index in [4.69, 9.17) is 9.47 Å². The van der Waals surface area contributed by atoms with Crippen molar-refractivity contribution in [2.75, 3.05) is 39.7 Å². The number of nitrogens with zero attached hydrogens (tertiary/aromatic N) is 5. The van der Waals surface area contributed by atoms with E-state index in [9.17, 15) is 4.79 Å². The summed E-state index contributed by atoms with van der Waals surface area (Å²) >= 11 is 0. The topological polar surface area (TPSA) is 94.4 Å². The Morgan fingerprint density at radius 1 is 0.971 bits per heavy atom. The van der Waals surface area contributed by atoms with Gasteiger partial charge < -0.3 is 19.7 Å². The molecule has 0 atom stereocenters. The van der Waals surface area contributed by atoms with Gasteiger partial charge in [0.2, 0.25) is 0 Å². The fourth-order valence-corrected chi connectivity index (χ4v) is 3.30. The van der Waals surface area contributed by atoms with Gasteiger partial charge in [-0.05, 0) is 66.8 Å². The maximum Gasteiger partial charge on any atom is 0.255 e. The molecule has 4 rings (SSSR count). The number of hydrogen-bond donors (Lipinski definition) is 1. The van der Waals surface area contributed by atoms with Crippen molar-refractivity contribution in [3.8, 4) is 28.3 Å². The average molecular weight is 459 g/mol. The number of aromatic nitrogens is 4. The number of benzene rings is 3. The van der Waals surface area contributed by atoms with Gasteiger partial charge in [0.25, 0.3) is 5.91 Å². The van der Waals surface area contributed by atoms with Crippen LogP contribution in [0.4, 0.5) is 5.69 Å². The summed E-state index contributed by atoms with van der Waals surface area (Å²) in [6.07, 6.45) is 1.39. The van der Waals surface area contributed by atoms with Gasteiger partial charge in [0.05, 0.1) is 12.8 Å². The molecule has 9 nitrogen and oxygen atoms in total. The number of rotatable bonds is 9. The van der Waals surface area contributed by atoms with Crippen LogP contribution >= 0.6 is 0 Å². The van der Waals surface area contributed by atoms with Crippen LogP contribution in [0.1, 0.15) is 10.4 Å². The maximum atomic E-state index is 12.8. The van der Waals surface area contributed by atoms with Crippen molar-refractivity contribution in [3.05, 3.63) is 78.6 Å². The molecule has 9 heteroatoms. The molecule has 1 amide bonds. The molecular formula is C25H26N6O3. The first-order valence-corrected chi connectivity index (χ1v) is 10.7. The monoisotopic (exact) mass is 458 g/mol. The van der Waals surface area contributed by atoms with Gasteiger partial charge in [0, 0.05) is 23.9 Å². The predicted molar refractivity (Wildman–Crippen MR) is 130 cm³/mol. The third-order valence-corrected chi connectivity index (χ3v) is 5.15. The fourth-order valence-electron chi connectivity index (χ4n) is 3.30. The summed E-state index contributed by atoms with van der Waals surface area (Å²) in [6, 6.07) is 20.6. The van der Waals surface area contributed by atoms with Crippen molar-refractivity contribution < 1.29 is 14.3 Å². The number of tetrazole rings is 1. The van der Waals surface area contributed by atoms with E-state index in [2.05, 4.69) is 20.7 Å². The van der Waals surface area contributed by atoms with Crippen molar-refractivity contribution in [2.24, 2.45) is 0 Å². The molecule has 0 bridgehead atoms. The summed E-state index contributed by atoms with van der Waals surface area (Å²) in [5.74, 6) is 0.998. The molecule has 0 aliphatic rings. The number of likely N-dealkylation sites (N-methyl/N-ethyl adjacent to an activating group) is 1. The normalized spacial score (nSPS) is 10.8. The lowest BCUT2D eigenvalue weighted by Gasteiger charge is -2.15. The molecule has 34 heavy (non-hydrogen) atoms. The first-order chi connectivity index (χ1) is 16.5. The van der Waals surface area contributed by atoms with Gasteiger partial charge in [-0.1, -0.05) is 24.3 Å². The number of anilines is 1. The molecule has 1 aromatic heterocycles. The Kier molecular flexibility index (Phi) is 7.14. The van der Waals surface area contributed by atoms with Gasteiger partial charge in [-0.15, -0.1) is 15.0 Å². The van der Waals surface area contributed by atoms with Crippen LogP contribution in [0.5, 0.6) is 11.5 Å². The second-order valence-corrected chi connectivity index (χ2v) is 7.82. The highest BCUT2D eigenvalue weighted by molar-refractivity contribution is 6.04. The summed E-state index contributed by atoms with van der Waals surface area (Å²) in [7, 11) is 5.55. The molecule has 0 radical (unpaired) electrons. The van der Waals surface area contributed by atoms with Gasteiger partial charge in [-0.25, -0.2) is 0 Å². The minimum atomic E-state index is -0.205. The second-order valence-electron chi connectivity index (χ2n) is 7.82. The molecule has 0 saturated carbocycles. The molecule has 0 aliphatic heterocycles. The smallest absolute Gasteiger partial charge is 0.255 e. The lowest BCUT2D eigenvalue weighted by Crippen LogP contribution is -2.19. The first-order valence-electron chi connectivity index (χ1n) is 10.7. The maximum absolute atomic E-state index is 12.8. The number of carbonyl (C=O) groups excluding carboxylic acids is 1. The van der Waals surface area contributed by atoms with Crippen molar-refractivity contribution in [3.63, 3.8) is 0 Å². The molecule has 0 saturated heterocycles. The van der Waals surface area contributed by atoms with Crippen molar-refractivity contribution in [1.82, 2.24) is 25.1 Å². The molecule has 0 fully saturated rings. The Hall–Kier alpha value is -4.24. The molecule has 3 aromatic carbocycles. The SMILES string of the molecule is COc1ccc(NC(=O)c2ccc(-c3ccc(-n4ncnn4)cc3)cc2)cc1OCCN(C)C. The zero-order valence-corrected chi connectivity index (χ0v) is 19.3. The predicted octanol–water partition coefficient (Wildman–Crippen LogP) is 3.53. The fraction of sp³-hybridized carbons (Fsp3) is 0.200. The van der Waals surface area contributed by atoms with Crippen LogP contribution in [0.15, 0.2) is 73.1 Å². The Morgan fingerprint density at radius 3 is 2.29 bits per heavy atom. The third-order valence-electron chi connectivity index (χ3n) is 5.15. The van der Waals surface area contributed by atoms with E-state index >= 15 is 0 Å². The van der Waals surface area contributed by atoms with Crippen molar-refractivity contribution >= 4 is 11.6 Å². The number of carbonyl (C=O) groups is 1. The summed E-state index contributed by atoms with van der Waals surface area (Å²) in [6.45, 7) is 1.28. The molecule has 1 N–H and O–H groups in total. The summed E-state index contributed by atoms with van der Waals surface area (Å²) < 4.78 is 11.2. The average Bonchev–Trinajstić information content (AvgIpc) is 3.39. The molecular weight excluding hydrogens is 432 g/mol. The lowest BCUT2D eigenvalue weighted by molar-refractivity contribution is 0.102. The number of hydrogen-bond acceptors (Lipinski definition) is 7.